The average Bonchev–Trinajstić information content (AvgIpc) is 2.21. The van der Waals surface area contributed by atoms with Gasteiger partial charge in [-0.25, -0.2) is 4.79 Å². The number of aromatic nitrogens is 1. The van der Waals surface area contributed by atoms with Gasteiger partial charge in [-0.15, -0.1) is 0 Å². The van der Waals surface area contributed by atoms with Crippen molar-refractivity contribution in [2.24, 2.45) is 5.92 Å². The fraction of sp³-hybridized carbons (Fsp3) is 0.455. The fourth-order valence-electron chi connectivity index (χ4n) is 1.51. The summed E-state index contributed by atoms with van der Waals surface area (Å²) in [7, 11) is 0. The third kappa shape index (κ3) is 3.94. The summed E-state index contributed by atoms with van der Waals surface area (Å²) >= 11 is 3.87. The van der Waals surface area contributed by atoms with Gasteiger partial charge in [0.15, 0.2) is 0 Å². The van der Waals surface area contributed by atoms with Crippen molar-refractivity contribution in [1.82, 2.24) is 4.57 Å². The van der Waals surface area contributed by atoms with Crippen molar-refractivity contribution < 1.29 is 9.90 Å². The molecular weight excluding hydrogens is 448 g/mol. The molecule has 0 bridgehead atoms. The Balaban J connectivity index is 3.20. The van der Waals surface area contributed by atoms with E-state index >= 15 is 0 Å². The first-order chi connectivity index (χ1) is 7.82. The van der Waals surface area contributed by atoms with Gasteiger partial charge in [0.25, 0.3) is 0 Å². The molecule has 0 aliphatic heterocycles. The quantitative estimate of drug-likeness (QED) is 0.703. The van der Waals surface area contributed by atoms with Crippen LogP contribution in [0.3, 0.4) is 0 Å². The van der Waals surface area contributed by atoms with Crippen molar-refractivity contribution >= 4 is 51.2 Å². The smallest absolute Gasteiger partial charge is 0.326 e. The summed E-state index contributed by atoms with van der Waals surface area (Å²) in [5.74, 6) is -0.584. The maximum absolute atomic E-state index is 11.6. The lowest BCUT2D eigenvalue weighted by Gasteiger charge is -2.18. The molecule has 0 aliphatic carbocycles. The molecule has 1 unspecified atom stereocenters. The van der Waals surface area contributed by atoms with Crippen LogP contribution < -0.4 is 5.43 Å². The molecule has 0 saturated heterocycles. The van der Waals surface area contributed by atoms with E-state index in [1.807, 2.05) is 59.0 Å². The molecule has 0 aliphatic rings. The Morgan fingerprint density at radius 2 is 1.82 bits per heavy atom. The van der Waals surface area contributed by atoms with Crippen LogP contribution in [-0.4, -0.2) is 15.6 Å². The number of hydrogen-bond donors (Lipinski definition) is 1. The largest absolute Gasteiger partial charge is 0.480 e. The van der Waals surface area contributed by atoms with Gasteiger partial charge in [0.2, 0.25) is 5.43 Å². The first-order valence-corrected chi connectivity index (χ1v) is 7.28. The van der Waals surface area contributed by atoms with Crippen LogP contribution >= 0.6 is 45.2 Å². The van der Waals surface area contributed by atoms with Gasteiger partial charge in [0.05, 0.1) is 7.14 Å². The monoisotopic (exact) mass is 461 g/mol. The lowest BCUT2D eigenvalue weighted by atomic mass is 10.0. The van der Waals surface area contributed by atoms with Crippen LogP contribution in [0.15, 0.2) is 17.2 Å². The van der Waals surface area contributed by atoms with Gasteiger partial charge in [0, 0.05) is 12.4 Å². The number of carboxylic acids is 1. The summed E-state index contributed by atoms with van der Waals surface area (Å²) in [6.45, 7) is 3.96. The molecule has 6 heteroatoms. The van der Waals surface area contributed by atoms with Crippen LogP contribution in [-0.2, 0) is 4.79 Å². The van der Waals surface area contributed by atoms with E-state index in [4.69, 9.17) is 0 Å². The van der Waals surface area contributed by atoms with Crippen molar-refractivity contribution in [3.05, 3.63) is 29.8 Å². The molecular formula is C11H13I2NO3. The molecule has 0 amide bonds. The van der Waals surface area contributed by atoms with Crippen molar-refractivity contribution in [1.29, 1.82) is 0 Å². The van der Waals surface area contributed by atoms with Crippen LogP contribution in [0.2, 0.25) is 0 Å². The summed E-state index contributed by atoms with van der Waals surface area (Å²) in [4.78, 5) is 22.8. The number of carbonyl (C=O) groups is 1. The van der Waals surface area contributed by atoms with E-state index in [1.54, 1.807) is 17.0 Å². The number of rotatable bonds is 4. The van der Waals surface area contributed by atoms with Crippen molar-refractivity contribution in [3.63, 3.8) is 0 Å². The molecule has 1 aromatic heterocycles. The van der Waals surface area contributed by atoms with Gasteiger partial charge >= 0.3 is 5.97 Å². The van der Waals surface area contributed by atoms with Gasteiger partial charge in [0.1, 0.15) is 6.04 Å². The summed E-state index contributed by atoms with van der Waals surface area (Å²) < 4.78 is 2.71. The second-order valence-electron chi connectivity index (χ2n) is 4.21. The zero-order valence-corrected chi connectivity index (χ0v) is 13.8. The average molecular weight is 461 g/mol. The van der Waals surface area contributed by atoms with Crippen LogP contribution in [0.4, 0.5) is 0 Å². The fourth-order valence-corrected chi connectivity index (χ4v) is 3.25. The highest BCUT2D eigenvalue weighted by Crippen LogP contribution is 2.19. The van der Waals surface area contributed by atoms with E-state index in [9.17, 15) is 14.7 Å². The van der Waals surface area contributed by atoms with Gasteiger partial charge in [-0.1, -0.05) is 13.8 Å². The van der Waals surface area contributed by atoms with Gasteiger partial charge < -0.3 is 9.67 Å². The van der Waals surface area contributed by atoms with Crippen molar-refractivity contribution in [2.75, 3.05) is 0 Å². The van der Waals surface area contributed by atoms with Crippen molar-refractivity contribution in [3.8, 4) is 0 Å². The van der Waals surface area contributed by atoms with E-state index in [0.717, 1.165) is 0 Å². The van der Waals surface area contributed by atoms with E-state index in [-0.39, 0.29) is 11.3 Å². The number of pyridine rings is 1. The molecule has 0 aromatic carbocycles. The van der Waals surface area contributed by atoms with Crippen LogP contribution in [0.5, 0.6) is 0 Å². The topological polar surface area (TPSA) is 59.3 Å². The summed E-state index contributed by atoms with van der Waals surface area (Å²) in [5, 5.41) is 9.22. The maximum atomic E-state index is 11.6. The summed E-state index contributed by atoms with van der Waals surface area (Å²) in [5.41, 5.74) is -0.0452. The molecule has 94 valence electrons. The van der Waals surface area contributed by atoms with Gasteiger partial charge in [-0.2, -0.15) is 0 Å². The Bertz CT molecular complexity index is 456. The molecule has 4 nitrogen and oxygen atoms in total. The highest BCUT2D eigenvalue weighted by atomic mass is 127. The summed E-state index contributed by atoms with van der Waals surface area (Å²) in [6.07, 6.45) is 3.75. The van der Waals surface area contributed by atoms with Crippen molar-refractivity contribution in [2.45, 2.75) is 26.3 Å². The van der Waals surface area contributed by atoms with E-state index < -0.39 is 12.0 Å². The standard InChI is InChI=1S/C11H13I2NO3/c1-6(2)3-9(11(16)17)14-4-7(12)10(15)8(13)5-14/h4-6,9H,3H2,1-2H3,(H,16,17). The molecule has 1 N–H and O–H groups in total. The van der Waals surface area contributed by atoms with Gasteiger partial charge in [-0.05, 0) is 57.5 Å². The Hall–Kier alpha value is -0.120. The third-order valence-electron chi connectivity index (χ3n) is 2.30. The predicted molar refractivity (Wildman–Crippen MR) is 82.3 cm³/mol. The second kappa shape index (κ2) is 6.17. The van der Waals surface area contributed by atoms with Crippen LogP contribution in [0.25, 0.3) is 0 Å². The first kappa shape index (κ1) is 14.9. The molecule has 1 aromatic rings. The Kier molecular flexibility index (Phi) is 5.42. The molecule has 1 rings (SSSR count). The molecule has 0 saturated carbocycles. The minimum Gasteiger partial charge on any atom is -0.480 e. The number of hydrogen-bond acceptors (Lipinski definition) is 2. The SMILES string of the molecule is CC(C)CC(C(=O)O)n1cc(I)c(=O)c(I)c1. The molecule has 1 atom stereocenters. The Morgan fingerprint density at radius 3 is 2.18 bits per heavy atom. The first-order valence-electron chi connectivity index (χ1n) is 5.12. The van der Waals surface area contributed by atoms with E-state index in [1.165, 1.54) is 0 Å². The minimum atomic E-state index is -0.867. The normalized spacial score (nSPS) is 12.8. The highest BCUT2D eigenvalue weighted by Gasteiger charge is 2.21. The minimum absolute atomic E-state index is 0.0452. The highest BCUT2D eigenvalue weighted by molar-refractivity contribution is 14.1. The number of aliphatic carboxylic acids is 1. The van der Waals surface area contributed by atoms with Crippen LogP contribution in [0, 0.1) is 13.1 Å². The van der Waals surface area contributed by atoms with E-state index in [2.05, 4.69) is 0 Å². The molecule has 0 radical (unpaired) electrons. The molecule has 1 heterocycles. The number of carboxylic acid groups (broad SMARTS) is 1. The molecule has 0 spiro atoms. The van der Waals surface area contributed by atoms with E-state index in [0.29, 0.717) is 13.6 Å². The molecule has 0 fully saturated rings. The lowest BCUT2D eigenvalue weighted by Crippen LogP contribution is -2.24. The Labute approximate surface area is 127 Å². The Morgan fingerprint density at radius 1 is 1.35 bits per heavy atom. The third-order valence-corrected chi connectivity index (χ3v) is 3.84. The predicted octanol–water partition coefficient (Wildman–Crippen LogP) is 2.73. The zero-order valence-electron chi connectivity index (χ0n) is 9.48. The summed E-state index contributed by atoms with van der Waals surface area (Å²) in [6, 6.07) is -0.613. The number of halogens is 2. The van der Waals surface area contributed by atoms with Crippen LogP contribution in [0.1, 0.15) is 26.3 Å². The maximum Gasteiger partial charge on any atom is 0.326 e. The second-order valence-corrected chi connectivity index (χ2v) is 6.54. The molecule has 17 heavy (non-hydrogen) atoms. The number of nitrogens with zero attached hydrogens (tertiary/aromatic N) is 1. The van der Waals surface area contributed by atoms with Gasteiger partial charge in [-0.3, -0.25) is 4.79 Å². The zero-order chi connectivity index (χ0) is 13.2. The lowest BCUT2D eigenvalue weighted by molar-refractivity contribution is -0.141.